The first-order valence-corrected chi connectivity index (χ1v) is 9.93. The zero-order chi connectivity index (χ0) is 17.5. The molecule has 0 bridgehead atoms. The van der Waals surface area contributed by atoms with Gasteiger partial charge in [0, 0.05) is 5.38 Å². The Labute approximate surface area is 154 Å². The predicted molar refractivity (Wildman–Crippen MR) is 101 cm³/mol. The second-order valence-electron chi connectivity index (χ2n) is 5.07. The highest BCUT2D eigenvalue weighted by Gasteiger charge is 2.22. The minimum absolute atomic E-state index is 0.279. The Balaban J connectivity index is 2.08. The molecule has 1 unspecified atom stereocenters. The van der Waals surface area contributed by atoms with E-state index in [1.54, 1.807) is 36.0 Å². The molecule has 0 saturated carbocycles. The van der Waals surface area contributed by atoms with Gasteiger partial charge in [-0.2, -0.15) is 11.8 Å². The van der Waals surface area contributed by atoms with Gasteiger partial charge in [-0.3, -0.25) is 9.59 Å². The van der Waals surface area contributed by atoms with E-state index in [0.717, 1.165) is 11.4 Å². The van der Waals surface area contributed by atoms with Gasteiger partial charge in [-0.15, -0.1) is 11.3 Å². The topological polar surface area (TPSA) is 71.1 Å². The van der Waals surface area contributed by atoms with Crippen molar-refractivity contribution < 1.29 is 9.59 Å². The molecule has 1 aromatic carbocycles. The van der Waals surface area contributed by atoms with Crippen molar-refractivity contribution in [2.45, 2.75) is 19.4 Å². The van der Waals surface area contributed by atoms with Crippen molar-refractivity contribution in [3.63, 3.8) is 0 Å². The Morgan fingerprint density at radius 3 is 2.75 bits per heavy atom. The summed E-state index contributed by atoms with van der Waals surface area (Å²) in [4.78, 5) is 29.1. The number of benzene rings is 1. The Morgan fingerprint density at radius 1 is 1.38 bits per heavy atom. The van der Waals surface area contributed by atoms with Crippen molar-refractivity contribution in [2.24, 2.45) is 0 Å². The fourth-order valence-corrected chi connectivity index (χ4v) is 3.37. The number of aryl methyl sites for hydroxylation is 1. The molecule has 1 atom stereocenters. The molecule has 5 nitrogen and oxygen atoms in total. The van der Waals surface area contributed by atoms with E-state index in [2.05, 4.69) is 15.6 Å². The summed E-state index contributed by atoms with van der Waals surface area (Å²) < 4.78 is 0. The lowest BCUT2D eigenvalue weighted by Crippen LogP contribution is -2.44. The number of nitrogens with one attached hydrogen (secondary N) is 2. The normalized spacial score (nSPS) is 11.8. The molecule has 2 rings (SSSR count). The summed E-state index contributed by atoms with van der Waals surface area (Å²) >= 11 is 9.01. The van der Waals surface area contributed by atoms with Crippen LogP contribution in [0.5, 0.6) is 0 Å². The largest absolute Gasteiger partial charge is 0.340 e. The maximum absolute atomic E-state index is 12.5. The number of anilines is 1. The van der Waals surface area contributed by atoms with E-state index in [-0.39, 0.29) is 11.8 Å². The Bertz CT molecular complexity index is 721. The molecule has 24 heavy (non-hydrogen) atoms. The third-order valence-corrected chi connectivity index (χ3v) is 5.05. The lowest BCUT2D eigenvalue weighted by molar-refractivity contribution is -0.118. The molecule has 2 aromatic rings. The number of thiazole rings is 1. The van der Waals surface area contributed by atoms with Crippen LogP contribution in [0.15, 0.2) is 29.6 Å². The van der Waals surface area contributed by atoms with Gasteiger partial charge in [-0.1, -0.05) is 23.7 Å². The molecule has 2 amide bonds. The maximum Gasteiger partial charge on any atom is 0.253 e. The first-order valence-electron chi connectivity index (χ1n) is 7.28. The lowest BCUT2D eigenvalue weighted by atomic mass is 10.1. The molecule has 0 fully saturated rings. The van der Waals surface area contributed by atoms with E-state index in [1.807, 2.05) is 18.6 Å². The number of amides is 2. The van der Waals surface area contributed by atoms with E-state index < -0.39 is 6.04 Å². The Morgan fingerprint density at radius 2 is 2.12 bits per heavy atom. The van der Waals surface area contributed by atoms with Gasteiger partial charge in [-0.05, 0) is 37.5 Å². The van der Waals surface area contributed by atoms with Crippen LogP contribution in [-0.4, -0.2) is 34.8 Å². The first kappa shape index (κ1) is 18.8. The van der Waals surface area contributed by atoms with Gasteiger partial charge < -0.3 is 10.6 Å². The molecule has 0 aliphatic carbocycles. The standard InChI is InChI=1S/C16H18ClN3O2S2/c1-10-9-24-16(18-10)20-15(22)13(7-8-23-2)19-14(21)11-5-3-4-6-12(11)17/h3-6,9,13H,7-8H2,1-2H3,(H,19,21)(H,18,20,22). The van der Waals surface area contributed by atoms with Gasteiger partial charge in [0.2, 0.25) is 5.91 Å². The number of hydrogen-bond acceptors (Lipinski definition) is 5. The summed E-state index contributed by atoms with van der Waals surface area (Å²) in [6, 6.07) is 6.11. The summed E-state index contributed by atoms with van der Waals surface area (Å²) in [6.07, 6.45) is 2.47. The molecular formula is C16H18ClN3O2S2. The van der Waals surface area contributed by atoms with E-state index in [4.69, 9.17) is 11.6 Å². The van der Waals surface area contributed by atoms with Crippen LogP contribution in [0.3, 0.4) is 0 Å². The molecule has 1 heterocycles. The third kappa shape index (κ3) is 5.22. The second-order valence-corrected chi connectivity index (χ2v) is 7.32. The van der Waals surface area contributed by atoms with Crippen LogP contribution in [0.2, 0.25) is 5.02 Å². The average Bonchev–Trinajstić information content (AvgIpc) is 2.96. The molecule has 128 valence electrons. The smallest absolute Gasteiger partial charge is 0.253 e. The highest BCUT2D eigenvalue weighted by Crippen LogP contribution is 2.17. The summed E-state index contributed by atoms with van der Waals surface area (Å²) in [5.41, 5.74) is 1.20. The van der Waals surface area contributed by atoms with Crippen molar-refractivity contribution in [1.29, 1.82) is 0 Å². The molecule has 0 radical (unpaired) electrons. The van der Waals surface area contributed by atoms with Crippen LogP contribution >= 0.6 is 34.7 Å². The van der Waals surface area contributed by atoms with Crippen LogP contribution in [-0.2, 0) is 4.79 Å². The molecule has 2 N–H and O–H groups in total. The second kappa shape index (κ2) is 9.05. The van der Waals surface area contributed by atoms with Crippen molar-refractivity contribution in [2.75, 3.05) is 17.3 Å². The van der Waals surface area contributed by atoms with E-state index in [0.29, 0.717) is 22.1 Å². The van der Waals surface area contributed by atoms with Gasteiger partial charge in [-0.25, -0.2) is 4.98 Å². The highest BCUT2D eigenvalue weighted by molar-refractivity contribution is 7.98. The Kier molecular flexibility index (Phi) is 7.08. The average molecular weight is 384 g/mol. The molecule has 1 aromatic heterocycles. The van der Waals surface area contributed by atoms with Crippen molar-refractivity contribution >= 4 is 51.6 Å². The minimum Gasteiger partial charge on any atom is -0.340 e. The monoisotopic (exact) mass is 383 g/mol. The van der Waals surface area contributed by atoms with Gasteiger partial charge >= 0.3 is 0 Å². The summed E-state index contributed by atoms with van der Waals surface area (Å²) in [5.74, 6) is 0.105. The number of nitrogens with zero attached hydrogens (tertiary/aromatic N) is 1. The number of thioether (sulfide) groups is 1. The van der Waals surface area contributed by atoms with Crippen molar-refractivity contribution in [3.05, 3.63) is 45.9 Å². The summed E-state index contributed by atoms with van der Waals surface area (Å²) in [6.45, 7) is 1.86. The Hall–Kier alpha value is -1.57. The lowest BCUT2D eigenvalue weighted by Gasteiger charge is -2.17. The van der Waals surface area contributed by atoms with Gasteiger partial charge in [0.05, 0.1) is 16.3 Å². The molecule has 0 aliphatic heterocycles. The van der Waals surface area contributed by atoms with Gasteiger partial charge in [0.25, 0.3) is 5.91 Å². The molecule has 0 saturated heterocycles. The summed E-state index contributed by atoms with van der Waals surface area (Å²) in [7, 11) is 0. The molecular weight excluding hydrogens is 366 g/mol. The maximum atomic E-state index is 12.5. The van der Waals surface area contributed by atoms with Gasteiger partial charge in [0.1, 0.15) is 6.04 Å². The van der Waals surface area contributed by atoms with Crippen LogP contribution in [0.25, 0.3) is 0 Å². The first-order chi connectivity index (χ1) is 11.5. The van der Waals surface area contributed by atoms with Crippen LogP contribution in [0.1, 0.15) is 22.5 Å². The molecule has 8 heteroatoms. The number of hydrogen-bond donors (Lipinski definition) is 2. The van der Waals surface area contributed by atoms with Crippen LogP contribution < -0.4 is 10.6 Å². The van der Waals surface area contributed by atoms with Crippen LogP contribution in [0, 0.1) is 6.92 Å². The number of carbonyl (C=O) groups is 2. The van der Waals surface area contributed by atoms with Crippen molar-refractivity contribution in [1.82, 2.24) is 10.3 Å². The molecule has 0 aliphatic rings. The van der Waals surface area contributed by atoms with E-state index in [1.165, 1.54) is 11.3 Å². The zero-order valence-corrected chi connectivity index (χ0v) is 15.7. The fraction of sp³-hybridized carbons (Fsp3) is 0.312. The SMILES string of the molecule is CSCCC(NC(=O)c1ccccc1Cl)C(=O)Nc1nc(C)cs1. The summed E-state index contributed by atoms with van der Waals surface area (Å²) in [5, 5.41) is 8.26. The quantitative estimate of drug-likeness (QED) is 0.766. The van der Waals surface area contributed by atoms with Gasteiger partial charge in [0.15, 0.2) is 5.13 Å². The van der Waals surface area contributed by atoms with E-state index >= 15 is 0 Å². The minimum atomic E-state index is -0.648. The zero-order valence-electron chi connectivity index (χ0n) is 13.3. The molecule has 0 spiro atoms. The van der Waals surface area contributed by atoms with Crippen molar-refractivity contribution in [3.8, 4) is 0 Å². The predicted octanol–water partition coefficient (Wildman–Crippen LogP) is 3.60. The number of halogens is 1. The third-order valence-electron chi connectivity index (χ3n) is 3.20. The van der Waals surface area contributed by atoms with E-state index in [9.17, 15) is 9.59 Å². The fourth-order valence-electron chi connectivity index (χ4n) is 1.99. The van der Waals surface area contributed by atoms with Crippen LogP contribution in [0.4, 0.5) is 5.13 Å². The number of carbonyl (C=O) groups excluding carboxylic acids is 2. The number of rotatable bonds is 7. The number of aromatic nitrogens is 1. The highest BCUT2D eigenvalue weighted by atomic mass is 35.5.